The monoisotopic (exact) mass is 239 g/mol. The summed E-state index contributed by atoms with van der Waals surface area (Å²) in [6.07, 6.45) is 2.37. The average molecular weight is 240 g/mol. The molecule has 1 aromatic carbocycles. The Balaban J connectivity index is 2.64. The molecular weight excluding hydrogens is 218 g/mol. The Morgan fingerprint density at radius 3 is 2.31 bits per heavy atom. The molecule has 0 amide bonds. The normalized spacial score (nSPS) is 13.1. The average Bonchev–Trinajstić information content (AvgIpc) is 2.25. The fourth-order valence-electron chi connectivity index (χ4n) is 1.75. The summed E-state index contributed by atoms with van der Waals surface area (Å²) in [5.74, 6) is 0.687. The second-order valence-electron chi connectivity index (χ2n) is 4.69. The van der Waals surface area contributed by atoms with Gasteiger partial charge in [0, 0.05) is 11.1 Å². The van der Waals surface area contributed by atoms with Crippen molar-refractivity contribution in [1.29, 1.82) is 0 Å². The van der Waals surface area contributed by atoms with Crippen molar-refractivity contribution >= 4 is 11.6 Å². The van der Waals surface area contributed by atoms with Crippen LogP contribution in [0, 0.1) is 5.92 Å². The van der Waals surface area contributed by atoms with E-state index in [1.807, 2.05) is 12.1 Å². The maximum absolute atomic E-state index is 5.90. The Labute approximate surface area is 104 Å². The molecule has 90 valence electrons. The molecule has 1 nitrogen and oxygen atoms in total. The van der Waals surface area contributed by atoms with Crippen LogP contribution in [0.2, 0.25) is 5.02 Å². The highest BCUT2D eigenvalue weighted by atomic mass is 35.5. The standard InChI is InChI=1S/C14H22ClN/c1-4-5-14(16-10-11(2)3)12-6-8-13(15)9-7-12/h6-9,11,14,16H,4-5,10H2,1-3H3. The van der Waals surface area contributed by atoms with E-state index >= 15 is 0 Å². The zero-order chi connectivity index (χ0) is 12.0. The first kappa shape index (κ1) is 13.5. The maximum Gasteiger partial charge on any atom is 0.0406 e. The molecule has 0 bridgehead atoms. The van der Waals surface area contributed by atoms with Gasteiger partial charge in [-0.15, -0.1) is 0 Å². The summed E-state index contributed by atoms with van der Waals surface area (Å²) in [4.78, 5) is 0. The van der Waals surface area contributed by atoms with E-state index in [4.69, 9.17) is 11.6 Å². The molecule has 0 radical (unpaired) electrons. The van der Waals surface area contributed by atoms with Crippen molar-refractivity contribution in [3.8, 4) is 0 Å². The Kier molecular flexibility index (Phi) is 5.86. The smallest absolute Gasteiger partial charge is 0.0406 e. The zero-order valence-corrected chi connectivity index (χ0v) is 11.2. The lowest BCUT2D eigenvalue weighted by Gasteiger charge is -2.20. The molecule has 1 rings (SSSR count). The van der Waals surface area contributed by atoms with Crippen LogP contribution in [0.3, 0.4) is 0 Å². The second-order valence-corrected chi connectivity index (χ2v) is 5.13. The lowest BCUT2D eigenvalue weighted by molar-refractivity contribution is 0.449. The van der Waals surface area contributed by atoms with Crippen LogP contribution < -0.4 is 5.32 Å². The van der Waals surface area contributed by atoms with Gasteiger partial charge in [0.25, 0.3) is 0 Å². The van der Waals surface area contributed by atoms with Crippen LogP contribution in [0.5, 0.6) is 0 Å². The first-order valence-electron chi connectivity index (χ1n) is 6.12. The Morgan fingerprint density at radius 2 is 1.81 bits per heavy atom. The van der Waals surface area contributed by atoms with Gasteiger partial charge >= 0.3 is 0 Å². The van der Waals surface area contributed by atoms with Crippen LogP contribution in [0.1, 0.15) is 45.2 Å². The minimum atomic E-state index is 0.463. The summed E-state index contributed by atoms with van der Waals surface area (Å²) >= 11 is 5.90. The molecule has 0 aliphatic rings. The molecule has 0 spiro atoms. The molecule has 0 aliphatic heterocycles. The molecular formula is C14H22ClN. The van der Waals surface area contributed by atoms with Gasteiger partial charge < -0.3 is 5.32 Å². The third-order valence-electron chi connectivity index (χ3n) is 2.62. The van der Waals surface area contributed by atoms with Crippen molar-refractivity contribution in [3.05, 3.63) is 34.9 Å². The molecule has 16 heavy (non-hydrogen) atoms. The first-order valence-corrected chi connectivity index (χ1v) is 6.50. The Bertz CT molecular complexity index is 292. The number of benzene rings is 1. The third-order valence-corrected chi connectivity index (χ3v) is 2.87. The van der Waals surface area contributed by atoms with Crippen molar-refractivity contribution < 1.29 is 0 Å². The van der Waals surface area contributed by atoms with Gasteiger partial charge in [-0.1, -0.05) is 50.9 Å². The second kappa shape index (κ2) is 6.93. The topological polar surface area (TPSA) is 12.0 Å². The summed E-state index contributed by atoms with van der Waals surface area (Å²) in [6.45, 7) is 7.75. The Morgan fingerprint density at radius 1 is 1.19 bits per heavy atom. The van der Waals surface area contributed by atoms with Crippen molar-refractivity contribution in [2.24, 2.45) is 5.92 Å². The molecule has 1 atom stereocenters. The molecule has 0 aromatic heterocycles. The van der Waals surface area contributed by atoms with Crippen LogP contribution in [0.4, 0.5) is 0 Å². The van der Waals surface area contributed by atoms with Gasteiger partial charge in [0.15, 0.2) is 0 Å². The third kappa shape index (κ3) is 4.54. The highest BCUT2D eigenvalue weighted by Crippen LogP contribution is 2.20. The van der Waals surface area contributed by atoms with Gasteiger partial charge in [0.05, 0.1) is 0 Å². The van der Waals surface area contributed by atoms with E-state index in [1.54, 1.807) is 0 Å². The first-order chi connectivity index (χ1) is 7.63. The van der Waals surface area contributed by atoms with Crippen LogP contribution in [0.25, 0.3) is 0 Å². The molecule has 0 aliphatic carbocycles. The summed E-state index contributed by atoms with van der Waals surface area (Å²) in [5.41, 5.74) is 1.34. The minimum Gasteiger partial charge on any atom is -0.310 e. The number of hydrogen-bond acceptors (Lipinski definition) is 1. The summed E-state index contributed by atoms with van der Waals surface area (Å²) in [5, 5.41) is 4.42. The summed E-state index contributed by atoms with van der Waals surface area (Å²) in [6, 6.07) is 8.64. The van der Waals surface area contributed by atoms with Gasteiger partial charge in [0.2, 0.25) is 0 Å². The van der Waals surface area contributed by atoms with Crippen molar-refractivity contribution in [2.75, 3.05) is 6.54 Å². The van der Waals surface area contributed by atoms with Gasteiger partial charge in [-0.2, -0.15) is 0 Å². The van der Waals surface area contributed by atoms with Gasteiger partial charge in [-0.3, -0.25) is 0 Å². The van der Waals surface area contributed by atoms with E-state index in [0.29, 0.717) is 12.0 Å². The van der Waals surface area contributed by atoms with Crippen molar-refractivity contribution in [1.82, 2.24) is 5.32 Å². The van der Waals surface area contributed by atoms with E-state index in [1.165, 1.54) is 18.4 Å². The molecule has 2 heteroatoms. The van der Waals surface area contributed by atoms with E-state index in [-0.39, 0.29) is 0 Å². The SMILES string of the molecule is CCCC(NCC(C)C)c1ccc(Cl)cc1. The van der Waals surface area contributed by atoms with E-state index < -0.39 is 0 Å². The van der Waals surface area contributed by atoms with E-state index in [9.17, 15) is 0 Å². The predicted octanol–water partition coefficient (Wildman–Crippen LogP) is 4.43. The quantitative estimate of drug-likeness (QED) is 0.775. The zero-order valence-electron chi connectivity index (χ0n) is 10.5. The predicted molar refractivity (Wildman–Crippen MR) is 71.9 cm³/mol. The molecule has 1 unspecified atom stereocenters. The lowest BCUT2D eigenvalue weighted by atomic mass is 10.0. The fraction of sp³-hybridized carbons (Fsp3) is 0.571. The van der Waals surface area contributed by atoms with E-state index in [2.05, 4.69) is 38.2 Å². The van der Waals surface area contributed by atoms with Crippen LogP contribution >= 0.6 is 11.6 Å². The Hall–Kier alpha value is -0.530. The maximum atomic E-state index is 5.90. The largest absolute Gasteiger partial charge is 0.310 e. The lowest BCUT2D eigenvalue weighted by Crippen LogP contribution is -2.25. The highest BCUT2D eigenvalue weighted by molar-refractivity contribution is 6.30. The van der Waals surface area contributed by atoms with Crippen molar-refractivity contribution in [3.63, 3.8) is 0 Å². The summed E-state index contributed by atoms with van der Waals surface area (Å²) < 4.78 is 0. The van der Waals surface area contributed by atoms with E-state index in [0.717, 1.165) is 11.6 Å². The molecule has 0 heterocycles. The number of nitrogens with one attached hydrogen (secondary N) is 1. The molecule has 0 fully saturated rings. The molecule has 0 saturated carbocycles. The minimum absolute atomic E-state index is 0.463. The molecule has 1 aromatic rings. The number of rotatable bonds is 6. The number of halogens is 1. The van der Waals surface area contributed by atoms with Gasteiger partial charge in [0.1, 0.15) is 0 Å². The molecule has 0 saturated heterocycles. The summed E-state index contributed by atoms with van der Waals surface area (Å²) in [7, 11) is 0. The van der Waals surface area contributed by atoms with Crippen LogP contribution in [0.15, 0.2) is 24.3 Å². The molecule has 1 N–H and O–H groups in total. The number of hydrogen-bond donors (Lipinski definition) is 1. The highest BCUT2D eigenvalue weighted by Gasteiger charge is 2.10. The fourth-order valence-corrected chi connectivity index (χ4v) is 1.87. The van der Waals surface area contributed by atoms with Gasteiger partial charge in [-0.05, 0) is 36.6 Å². The van der Waals surface area contributed by atoms with Gasteiger partial charge in [-0.25, -0.2) is 0 Å². The van der Waals surface area contributed by atoms with Crippen LogP contribution in [-0.2, 0) is 0 Å². The van der Waals surface area contributed by atoms with Crippen LogP contribution in [-0.4, -0.2) is 6.54 Å². The van der Waals surface area contributed by atoms with Crippen molar-refractivity contribution in [2.45, 2.75) is 39.7 Å².